The molecule has 2 heteroatoms. The van der Waals surface area contributed by atoms with E-state index in [-0.39, 0.29) is 0 Å². The van der Waals surface area contributed by atoms with Crippen LogP contribution in [0.3, 0.4) is 0 Å². The summed E-state index contributed by atoms with van der Waals surface area (Å²) in [4.78, 5) is 0. The van der Waals surface area contributed by atoms with Crippen LogP contribution in [0.5, 0.6) is 0 Å². The van der Waals surface area contributed by atoms with Crippen LogP contribution in [0.2, 0.25) is 0 Å². The molecule has 1 unspecified atom stereocenters. The minimum absolute atomic E-state index is 0.341. The second-order valence-electron chi connectivity index (χ2n) is 4.64. The van der Waals surface area contributed by atoms with Crippen LogP contribution in [0.25, 0.3) is 0 Å². The zero-order valence-electron chi connectivity index (χ0n) is 8.98. The molecule has 0 saturated carbocycles. The molecule has 1 atom stereocenters. The third-order valence-corrected chi connectivity index (χ3v) is 4.25. The van der Waals surface area contributed by atoms with Crippen molar-refractivity contribution in [3.8, 4) is 0 Å². The summed E-state index contributed by atoms with van der Waals surface area (Å²) < 4.78 is 5.40. The Balaban J connectivity index is 2.66. The van der Waals surface area contributed by atoms with Gasteiger partial charge in [0.2, 0.25) is 0 Å². The number of ether oxygens (including phenoxy) is 1. The van der Waals surface area contributed by atoms with E-state index in [2.05, 4.69) is 20.8 Å². The molecule has 13 heavy (non-hydrogen) atoms. The summed E-state index contributed by atoms with van der Waals surface area (Å²) in [6, 6.07) is 0. The lowest BCUT2D eigenvalue weighted by molar-refractivity contribution is -0.0126. The van der Waals surface area contributed by atoms with Crippen molar-refractivity contribution in [1.29, 1.82) is 0 Å². The first kappa shape index (κ1) is 11.3. The molecule has 0 N–H and O–H groups in total. The molecule has 1 fully saturated rings. The zero-order chi connectivity index (χ0) is 9.90. The summed E-state index contributed by atoms with van der Waals surface area (Å²) in [5.41, 5.74) is 0.341. The van der Waals surface area contributed by atoms with Gasteiger partial charge < -0.3 is 4.74 Å². The molecular weight excluding hydrogens is 184 g/mol. The summed E-state index contributed by atoms with van der Waals surface area (Å²) in [7, 11) is 0. The Hall–Kier alpha value is 0.250. The average Bonchev–Trinajstić information content (AvgIpc) is 2.17. The summed E-state index contributed by atoms with van der Waals surface area (Å²) in [6.07, 6.45) is 2.27. The highest BCUT2D eigenvalue weighted by Gasteiger charge is 2.38. The molecule has 1 saturated heterocycles. The van der Waals surface area contributed by atoms with Gasteiger partial charge in [-0.15, -0.1) is 11.6 Å². The van der Waals surface area contributed by atoms with Gasteiger partial charge in [0.1, 0.15) is 0 Å². The molecule has 1 aliphatic heterocycles. The topological polar surface area (TPSA) is 9.23 Å². The molecule has 1 heterocycles. The third kappa shape index (κ3) is 2.38. The number of hydrogen-bond acceptors (Lipinski definition) is 1. The second kappa shape index (κ2) is 4.65. The number of rotatable bonds is 3. The van der Waals surface area contributed by atoms with E-state index in [1.807, 2.05) is 0 Å². The molecule has 78 valence electrons. The van der Waals surface area contributed by atoms with E-state index in [4.69, 9.17) is 16.3 Å². The van der Waals surface area contributed by atoms with Crippen LogP contribution in [0.1, 0.15) is 33.6 Å². The lowest BCUT2D eigenvalue weighted by Gasteiger charge is -2.42. The smallest absolute Gasteiger partial charge is 0.0471 e. The summed E-state index contributed by atoms with van der Waals surface area (Å²) in [5.74, 6) is 2.21. The van der Waals surface area contributed by atoms with Gasteiger partial charge in [-0.3, -0.25) is 0 Å². The first-order valence-electron chi connectivity index (χ1n) is 5.26. The fourth-order valence-corrected chi connectivity index (χ4v) is 2.71. The van der Waals surface area contributed by atoms with Gasteiger partial charge in [0.15, 0.2) is 0 Å². The van der Waals surface area contributed by atoms with Crippen molar-refractivity contribution in [1.82, 2.24) is 0 Å². The van der Waals surface area contributed by atoms with Gasteiger partial charge in [0.25, 0.3) is 0 Å². The second-order valence-corrected chi connectivity index (χ2v) is 4.91. The molecule has 1 rings (SSSR count). The first-order chi connectivity index (χ1) is 6.12. The maximum absolute atomic E-state index is 6.12. The predicted molar refractivity (Wildman–Crippen MR) is 57.2 cm³/mol. The fourth-order valence-electron chi connectivity index (χ4n) is 2.20. The third-order valence-electron chi connectivity index (χ3n) is 3.72. The summed E-state index contributed by atoms with van der Waals surface area (Å²) in [6.45, 7) is 8.69. The standard InChI is InChI=1S/C11H21ClO/c1-9(2)10(3)11(8-12)4-6-13-7-5-11/h9-10H,4-8H2,1-3H3. The maximum atomic E-state index is 6.12. The van der Waals surface area contributed by atoms with Gasteiger partial charge in [-0.2, -0.15) is 0 Å². The van der Waals surface area contributed by atoms with E-state index in [1.165, 1.54) is 0 Å². The number of halogens is 1. The molecule has 0 bridgehead atoms. The van der Waals surface area contributed by atoms with Gasteiger partial charge in [-0.05, 0) is 30.1 Å². The minimum atomic E-state index is 0.341. The van der Waals surface area contributed by atoms with Crippen LogP contribution < -0.4 is 0 Å². The van der Waals surface area contributed by atoms with Crippen LogP contribution in [0.4, 0.5) is 0 Å². The summed E-state index contributed by atoms with van der Waals surface area (Å²) in [5, 5.41) is 0. The fraction of sp³-hybridized carbons (Fsp3) is 1.00. The van der Waals surface area contributed by atoms with Crippen LogP contribution in [-0.4, -0.2) is 19.1 Å². The van der Waals surface area contributed by atoms with Crippen LogP contribution in [-0.2, 0) is 4.74 Å². The van der Waals surface area contributed by atoms with E-state index >= 15 is 0 Å². The Morgan fingerprint density at radius 2 is 1.77 bits per heavy atom. The largest absolute Gasteiger partial charge is 0.381 e. The van der Waals surface area contributed by atoms with Gasteiger partial charge >= 0.3 is 0 Å². The molecule has 1 aliphatic rings. The van der Waals surface area contributed by atoms with Crippen molar-refractivity contribution in [2.45, 2.75) is 33.6 Å². The van der Waals surface area contributed by atoms with Gasteiger partial charge in [-0.25, -0.2) is 0 Å². The van der Waals surface area contributed by atoms with Crippen molar-refractivity contribution in [2.75, 3.05) is 19.1 Å². The summed E-state index contributed by atoms with van der Waals surface area (Å²) >= 11 is 6.12. The van der Waals surface area contributed by atoms with Crippen molar-refractivity contribution >= 4 is 11.6 Å². The number of hydrogen-bond donors (Lipinski definition) is 0. The minimum Gasteiger partial charge on any atom is -0.381 e. The van der Waals surface area contributed by atoms with Crippen molar-refractivity contribution in [3.05, 3.63) is 0 Å². The number of alkyl halides is 1. The molecule has 0 radical (unpaired) electrons. The first-order valence-corrected chi connectivity index (χ1v) is 5.79. The molecule has 0 aromatic heterocycles. The zero-order valence-corrected chi connectivity index (χ0v) is 9.73. The lowest BCUT2D eigenvalue weighted by Crippen LogP contribution is -2.39. The van der Waals surface area contributed by atoms with Gasteiger partial charge in [0, 0.05) is 19.1 Å². The van der Waals surface area contributed by atoms with Crippen molar-refractivity contribution < 1.29 is 4.74 Å². The van der Waals surface area contributed by atoms with Crippen LogP contribution in [0, 0.1) is 17.3 Å². The highest BCUT2D eigenvalue weighted by atomic mass is 35.5. The van der Waals surface area contributed by atoms with E-state index in [0.29, 0.717) is 11.3 Å². The van der Waals surface area contributed by atoms with E-state index in [0.717, 1.165) is 37.9 Å². The van der Waals surface area contributed by atoms with Gasteiger partial charge in [-0.1, -0.05) is 20.8 Å². The van der Waals surface area contributed by atoms with E-state index < -0.39 is 0 Å². The lowest BCUT2D eigenvalue weighted by atomic mass is 9.68. The highest BCUT2D eigenvalue weighted by Crippen LogP contribution is 2.42. The molecular formula is C11H21ClO. The average molecular weight is 205 g/mol. The molecule has 0 aromatic rings. The molecule has 0 aliphatic carbocycles. The van der Waals surface area contributed by atoms with E-state index in [9.17, 15) is 0 Å². The van der Waals surface area contributed by atoms with Crippen LogP contribution >= 0.6 is 11.6 Å². The van der Waals surface area contributed by atoms with Gasteiger partial charge in [0.05, 0.1) is 0 Å². The normalized spacial score (nSPS) is 24.7. The molecule has 0 amide bonds. The Morgan fingerprint density at radius 3 is 2.15 bits per heavy atom. The molecule has 0 aromatic carbocycles. The Kier molecular flexibility index (Phi) is 4.06. The quantitative estimate of drug-likeness (QED) is 0.641. The highest BCUT2D eigenvalue weighted by molar-refractivity contribution is 6.18. The monoisotopic (exact) mass is 204 g/mol. The predicted octanol–water partition coefficient (Wildman–Crippen LogP) is 3.31. The van der Waals surface area contributed by atoms with Crippen molar-refractivity contribution in [2.24, 2.45) is 17.3 Å². The van der Waals surface area contributed by atoms with E-state index in [1.54, 1.807) is 0 Å². The Morgan fingerprint density at radius 1 is 1.23 bits per heavy atom. The van der Waals surface area contributed by atoms with Crippen LogP contribution in [0.15, 0.2) is 0 Å². The maximum Gasteiger partial charge on any atom is 0.0471 e. The SMILES string of the molecule is CC(C)C(C)C1(CCl)CCOCC1. The Labute approximate surface area is 86.8 Å². The van der Waals surface area contributed by atoms with Crippen molar-refractivity contribution in [3.63, 3.8) is 0 Å². The molecule has 1 nitrogen and oxygen atoms in total. The molecule has 0 spiro atoms. The Bertz CT molecular complexity index is 150.